The summed E-state index contributed by atoms with van der Waals surface area (Å²) in [6.07, 6.45) is 17.3. The second kappa shape index (κ2) is 13.1. The summed E-state index contributed by atoms with van der Waals surface area (Å²) in [6, 6.07) is 13.5. The summed E-state index contributed by atoms with van der Waals surface area (Å²) in [5, 5.41) is 0. The van der Waals surface area contributed by atoms with Crippen LogP contribution in [0.25, 0.3) is 22.5 Å². The number of aromatic nitrogens is 2. The van der Waals surface area contributed by atoms with Crippen LogP contribution in [-0.2, 0) is 12.8 Å². The maximum Gasteiger partial charge on any atom is 0.159 e. The van der Waals surface area contributed by atoms with Crippen LogP contribution in [0, 0.1) is 5.82 Å². The highest BCUT2D eigenvalue weighted by atomic mass is 19.1. The molecule has 32 heavy (non-hydrogen) atoms. The summed E-state index contributed by atoms with van der Waals surface area (Å²) >= 11 is 0. The van der Waals surface area contributed by atoms with Crippen molar-refractivity contribution in [3.05, 3.63) is 71.8 Å². The molecule has 0 radical (unpaired) electrons. The Kier molecular flexibility index (Phi) is 9.87. The maximum absolute atomic E-state index is 14.6. The summed E-state index contributed by atoms with van der Waals surface area (Å²) in [5.74, 6) is 0.563. The summed E-state index contributed by atoms with van der Waals surface area (Å²) in [7, 11) is 0. The molecule has 0 fully saturated rings. The van der Waals surface area contributed by atoms with Gasteiger partial charge in [-0.05, 0) is 48.4 Å². The number of hydrogen-bond acceptors (Lipinski definition) is 2. The highest BCUT2D eigenvalue weighted by Crippen LogP contribution is 2.26. The molecule has 0 atom stereocenters. The minimum atomic E-state index is -0.155. The first-order valence-electron chi connectivity index (χ1n) is 12.4. The van der Waals surface area contributed by atoms with Gasteiger partial charge in [0.25, 0.3) is 0 Å². The molecule has 0 amide bonds. The van der Waals surface area contributed by atoms with Crippen molar-refractivity contribution >= 4 is 0 Å². The Balaban J connectivity index is 1.54. The van der Waals surface area contributed by atoms with Crippen LogP contribution in [-0.4, -0.2) is 9.97 Å². The standard InChI is InChI=1S/C29H37FN2/c1-3-5-7-8-9-10-11-13-24-21-31-29(32-22-24)26-17-15-25(16-18-26)27-19-14-23(12-6-4-2)20-28(27)30/h14-22H,3-13H2,1-2H3. The molecule has 0 unspecified atom stereocenters. The van der Waals surface area contributed by atoms with Gasteiger partial charge in [0.2, 0.25) is 0 Å². The monoisotopic (exact) mass is 432 g/mol. The van der Waals surface area contributed by atoms with Gasteiger partial charge in [-0.1, -0.05) is 95.2 Å². The van der Waals surface area contributed by atoms with E-state index >= 15 is 0 Å². The minimum Gasteiger partial charge on any atom is -0.236 e. The number of nitrogens with zero attached hydrogens (tertiary/aromatic N) is 2. The molecule has 2 nitrogen and oxygen atoms in total. The lowest BCUT2D eigenvalue weighted by atomic mass is 10.00. The zero-order valence-electron chi connectivity index (χ0n) is 19.7. The van der Waals surface area contributed by atoms with Crippen molar-refractivity contribution in [1.82, 2.24) is 9.97 Å². The molecule has 2 aromatic carbocycles. The van der Waals surface area contributed by atoms with Crippen LogP contribution in [0.4, 0.5) is 4.39 Å². The fourth-order valence-corrected chi connectivity index (χ4v) is 4.05. The minimum absolute atomic E-state index is 0.155. The van der Waals surface area contributed by atoms with E-state index in [-0.39, 0.29) is 5.82 Å². The van der Waals surface area contributed by atoms with E-state index in [1.54, 1.807) is 6.07 Å². The normalized spacial score (nSPS) is 11.1. The summed E-state index contributed by atoms with van der Waals surface area (Å²) in [5.41, 5.74) is 4.74. The van der Waals surface area contributed by atoms with Gasteiger partial charge in [0.05, 0.1) is 0 Å². The van der Waals surface area contributed by atoms with Crippen LogP contribution >= 0.6 is 0 Å². The Morgan fingerprint density at radius 3 is 1.88 bits per heavy atom. The van der Waals surface area contributed by atoms with Crippen LogP contribution in [0.15, 0.2) is 54.9 Å². The van der Waals surface area contributed by atoms with Gasteiger partial charge in [0.15, 0.2) is 5.82 Å². The van der Waals surface area contributed by atoms with Gasteiger partial charge >= 0.3 is 0 Å². The first-order valence-corrected chi connectivity index (χ1v) is 12.4. The third-order valence-corrected chi connectivity index (χ3v) is 6.08. The Labute approximate surface area is 193 Å². The molecule has 3 aromatic rings. The second-order valence-electron chi connectivity index (χ2n) is 8.78. The molecule has 0 saturated carbocycles. The Hall–Kier alpha value is -2.55. The van der Waals surface area contributed by atoms with E-state index in [1.807, 2.05) is 48.8 Å². The van der Waals surface area contributed by atoms with Crippen LogP contribution in [0.5, 0.6) is 0 Å². The lowest BCUT2D eigenvalue weighted by molar-refractivity contribution is 0.589. The fourth-order valence-electron chi connectivity index (χ4n) is 4.05. The van der Waals surface area contributed by atoms with E-state index in [2.05, 4.69) is 23.8 Å². The van der Waals surface area contributed by atoms with Crippen LogP contribution in [0.1, 0.15) is 82.8 Å². The molecule has 1 heterocycles. The molecule has 0 aliphatic heterocycles. The largest absolute Gasteiger partial charge is 0.236 e. The van der Waals surface area contributed by atoms with E-state index in [1.165, 1.54) is 50.5 Å². The van der Waals surface area contributed by atoms with Crippen molar-refractivity contribution < 1.29 is 4.39 Å². The van der Waals surface area contributed by atoms with Crippen molar-refractivity contribution in [2.45, 2.75) is 84.5 Å². The average molecular weight is 433 g/mol. The third kappa shape index (κ3) is 7.25. The molecule has 170 valence electrons. The van der Waals surface area contributed by atoms with Gasteiger partial charge in [-0.2, -0.15) is 0 Å². The topological polar surface area (TPSA) is 25.8 Å². The number of aryl methyl sites for hydroxylation is 2. The van der Waals surface area contributed by atoms with Crippen LogP contribution < -0.4 is 0 Å². The summed E-state index contributed by atoms with van der Waals surface area (Å²) in [4.78, 5) is 9.13. The van der Waals surface area contributed by atoms with Crippen LogP contribution in [0.3, 0.4) is 0 Å². The van der Waals surface area contributed by atoms with Crippen LogP contribution in [0.2, 0.25) is 0 Å². The van der Waals surface area contributed by atoms with Gasteiger partial charge in [-0.15, -0.1) is 0 Å². The average Bonchev–Trinajstić information content (AvgIpc) is 2.83. The molecule has 0 saturated heterocycles. The van der Waals surface area contributed by atoms with Gasteiger partial charge in [0, 0.05) is 23.5 Å². The van der Waals surface area contributed by atoms with Crippen molar-refractivity contribution in [3.63, 3.8) is 0 Å². The first kappa shape index (κ1) is 24.1. The number of rotatable bonds is 13. The highest BCUT2D eigenvalue weighted by Gasteiger charge is 2.08. The molecule has 3 heteroatoms. The van der Waals surface area contributed by atoms with Gasteiger partial charge in [0.1, 0.15) is 5.82 Å². The smallest absolute Gasteiger partial charge is 0.159 e. The fraction of sp³-hybridized carbons (Fsp3) is 0.448. The van der Waals surface area contributed by atoms with E-state index in [4.69, 9.17) is 0 Å². The predicted molar refractivity (Wildman–Crippen MR) is 133 cm³/mol. The third-order valence-electron chi connectivity index (χ3n) is 6.08. The van der Waals surface area contributed by atoms with Gasteiger partial charge in [-0.25, -0.2) is 14.4 Å². The van der Waals surface area contributed by atoms with Gasteiger partial charge in [-0.3, -0.25) is 0 Å². The molecular formula is C29H37FN2. The molecule has 0 spiro atoms. The lowest BCUT2D eigenvalue weighted by Gasteiger charge is -2.08. The van der Waals surface area contributed by atoms with Gasteiger partial charge < -0.3 is 0 Å². The molecule has 0 aliphatic rings. The van der Waals surface area contributed by atoms with E-state index in [0.717, 1.165) is 48.2 Å². The number of unbranched alkanes of at least 4 members (excludes halogenated alkanes) is 7. The SMILES string of the molecule is CCCCCCCCCc1cnc(-c2ccc(-c3ccc(CCCC)cc3F)cc2)nc1. The van der Waals surface area contributed by atoms with E-state index in [0.29, 0.717) is 5.56 Å². The molecule has 1 aromatic heterocycles. The first-order chi connectivity index (χ1) is 15.7. The molecule has 0 N–H and O–H groups in total. The van der Waals surface area contributed by atoms with Crippen molar-refractivity contribution in [2.75, 3.05) is 0 Å². The lowest BCUT2D eigenvalue weighted by Crippen LogP contribution is -1.94. The Bertz CT molecular complexity index is 932. The molecule has 0 aliphatic carbocycles. The Morgan fingerprint density at radius 2 is 1.22 bits per heavy atom. The quantitative estimate of drug-likeness (QED) is 0.253. The molecular weight excluding hydrogens is 395 g/mol. The second-order valence-corrected chi connectivity index (χ2v) is 8.78. The van der Waals surface area contributed by atoms with E-state index in [9.17, 15) is 4.39 Å². The maximum atomic E-state index is 14.6. The zero-order chi connectivity index (χ0) is 22.6. The molecule has 0 bridgehead atoms. The Morgan fingerprint density at radius 1 is 0.625 bits per heavy atom. The highest BCUT2D eigenvalue weighted by molar-refractivity contribution is 5.68. The van der Waals surface area contributed by atoms with Crippen molar-refractivity contribution in [3.8, 4) is 22.5 Å². The summed E-state index contributed by atoms with van der Waals surface area (Å²) in [6.45, 7) is 4.41. The summed E-state index contributed by atoms with van der Waals surface area (Å²) < 4.78 is 14.6. The predicted octanol–water partition coefficient (Wildman–Crippen LogP) is 8.59. The number of benzene rings is 2. The number of halogens is 1. The zero-order valence-corrected chi connectivity index (χ0v) is 19.7. The number of hydrogen-bond donors (Lipinski definition) is 0. The van der Waals surface area contributed by atoms with E-state index < -0.39 is 0 Å². The van der Waals surface area contributed by atoms with Crippen molar-refractivity contribution in [1.29, 1.82) is 0 Å². The molecule has 3 rings (SSSR count). The van der Waals surface area contributed by atoms with Crippen molar-refractivity contribution in [2.24, 2.45) is 0 Å².